The largest absolute Gasteiger partial charge is 0.309 e. The zero-order valence-corrected chi connectivity index (χ0v) is 17.1. The quantitative estimate of drug-likeness (QED) is 0.506. The van der Waals surface area contributed by atoms with Gasteiger partial charge in [-0.25, -0.2) is 4.98 Å². The summed E-state index contributed by atoms with van der Waals surface area (Å²) in [6.45, 7) is 2.47. The normalized spacial score (nSPS) is 15.4. The second kappa shape index (κ2) is 6.84. The molecule has 3 aromatic heterocycles. The molecular formula is C24H20N6O. The van der Waals surface area contributed by atoms with Crippen LogP contribution in [0.4, 0.5) is 5.82 Å². The maximum absolute atomic E-state index is 13.3. The zero-order valence-electron chi connectivity index (χ0n) is 17.1. The van der Waals surface area contributed by atoms with Gasteiger partial charge in [-0.3, -0.25) is 14.7 Å². The van der Waals surface area contributed by atoms with Crippen molar-refractivity contribution in [2.45, 2.75) is 32.4 Å². The van der Waals surface area contributed by atoms with E-state index < -0.39 is 0 Å². The molecule has 0 N–H and O–H groups in total. The number of amides is 1. The van der Waals surface area contributed by atoms with E-state index in [9.17, 15) is 4.79 Å². The summed E-state index contributed by atoms with van der Waals surface area (Å²) in [6, 6.07) is 16.2. The van der Waals surface area contributed by atoms with E-state index >= 15 is 0 Å². The Bertz CT molecular complexity index is 1310. The third-order valence-corrected chi connectivity index (χ3v) is 5.91. The van der Waals surface area contributed by atoms with Gasteiger partial charge in [0.1, 0.15) is 17.8 Å². The highest BCUT2D eigenvalue weighted by atomic mass is 16.2. The summed E-state index contributed by atoms with van der Waals surface area (Å²) < 4.78 is 2.08. The van der Waals surface area contributed by atoms with Crippen LogP contribution in [0.15, 0.2) is 61.1 Å². The molecule has 0 bridgehead atoms. The van der Waals surface area contributed by atoms with Gasteiger partial charge < -0.3 is 4.57 Å². The van der Waals surface area contributed by atoms with Crippen LogP contribution >= 0.6 is 0 Å². The Labute approximate surface area is 179 Å². The van der Waals surface area contributed by atoms with Crippen molar-refractivity contribution < 1.29 is 4.79 Å². The molecule has 1 aromatic carbocycles. The van der Waals surface area contributed by atoms with Gasteiger partial charge in [0, 0.05) is 29.1 Å². The topological polar surface area (TPSA) is 76.8 Å². The molecule has 1 aliphatic carbocycles. The molecule has 31 heavy (non-hydrogen) atoms. The number of carbonyl (C=O) groups excluding carboxylic acids is 1. The second-order valence-corrected chi connectivity index (χ2v) is 8.13. The van der Waals surface area contributed by atoms with Crippen LogP contribution in [0.1, 0.15) is 40.5 Å². The van der Waals surface area contributed by atoms with Crippen molar-refractivity contribution in [3.05, 3.63) is 77.9 Å². The Morgan fingerprint density at radius 3 is 2.71 bits per heavy atom. The lowest BCUT2D eigenvalue weighted by Gasteiger charge is -2.15. The summed E-state index contributed by atoms with van der Waals surface area (Å²) in [4.78, 5) is 24.1. The first-order valence-corrected chi connectivity index (χ1v) is 10.4. The van der Waals surface area contributed by atoms with E-state index in [4.69, 9.17) is 4.98 Å². The van der Waals surface area contributed by atoms with Crippen LogP contribution in [0.3, 0.4) is 0 Å². The van der Waals surface area contributed by atoms with Crippen LogP contribution < -0.4 is 4.90 Å². The molecule has 2 aliphatic rings. The number of nitrogens with zero attached hydrogens (tertiary/aromatic N) is 6. The van der Waals surface area contributed by atoms with Crippen LogP contribution in [0.25, 0.3) is 22.6 Å². The van der Waals surface area contributed by atoms with Gasteiger partial charge in [-0.1, -0.05) is 24.3 Å². The summed E-state index contributed by atoms with van der Waals surface area (Å²) in [7, 11) is 0. The molecule has 1 aliphatic heterocycles. The van der Waals surface area contributed by atoms with Crippen molar-refractivity contribution in [1.82, 2.24) is 24.7 Å². The molecule has 0 unspecified atom stereocenters. The van der Waals surface area contributed by atoms with E-state index in [2.05, 4.69) is 19.7 Å². The molecule has 1 fully saturated rings. The Hall–Kier alpha value is -3.87. The fourth-order valence-electron chi connectivity index (χ4n) is 4.05. The number of rotatable bonds is 4. The number of pyridine rings is 2. The molecule has 152 valence electrons. The molecule has 4 aromatic rings. The van der Waals surface area contributed by atoms with E-state index in [0.717, 1.165) is 46.7 Å². The maximum Gasteiger partial charge on any atom is 0.260 e. The summed E-state index contributed by atoms with van der Waals surface area (Å²) in [5.41, 5.74) is 5.40. The van der Waals surface area contributed by atoms with Gasteiger partial charge in [-0.15, -0.1) is 10.2 Å². The van der Waals surface area contributed by atoms with Gasteiger partial charge in [-0.05, 0) is 55.2 Å². The first-order valence-electron chi connectivity index (χ1n) is 10.4. The first kappa shape index (κ1) is 17.9. The van der Waals surface area contributed by atoms with E-state index in [-0.39, 0.29) is 5.91 Å². The van der Waals surface area contributed by atoms with Crippen LogP contribution in [0, 0.1) is 6.92 Å². The molecule has 6 rings (SSSR count). The van der Waals surface area contributed by atoms with Gasteiger partial charge in [0.25, 0.3) is 5.91 Å². The Morgan fingerprint density at radius 1 is 1.03 bits per heavy atom. The number of fused-ring (bicyclic) bond motifs is 1. The van der Waals surface area contributed by atoms with Crippen molar-refractivity contribution >= 4 is 11.7 Å². The third-order valence-electron chi connectivity index (χ3n) is 5.91. The molecule has 7 nitrogen and oxygen atoms in total. The van der Waals surface area contributed by atoms with Gasteiger partial charge >= 0.3 is 0 Å². The fourth-order valence-corrected chi connectivity index (χ4v) is 4.05. The predicted octanol–water partition coefficient (Wildman–Crippen LogP) is 4.21. The highest BCUT2D eigenvalue weighted by molar-refractivity contribution is 6.10. The SMILES string of the molecule is Cc1ccc(-c2ccc3c(c2)C(=O)N(c2cccc(-c4nncn4C4CC4)n2)C3)cn1. The number of aromatic nitrogens is 5. The molecule has 7 heteroatoms. The van der Waals surface area contributed by atoms with Crippen LogP contribution in [-0.2, 0) is 6.54 Å². The van der Waals surface area contributed by atoms with Gasteiger partial charge in [-0.2, -0.15) is 0 Å². The van der Waals surface area contributed by atoms with Gasteiger partial charge in [0.15, 0.2) is 5.82 Å². The number of aryl methyl sites for hydroxylation is 1. The van der Waals surface area contributed by atoms with E-state index in [1.54, 1.807) is 11.2 Å². The number of hydrogen-bond acceptors (Lipinski definition) is 5. The Balaban J connectivity index is 1.32. The van der Waals surface area contributed by atoms with E-state index in [1.165, 1.54) is 0 Å². The van der Waals surface area contributed by atoms with Crippen molar-refractivity contribution in [3.8, 4) is 22.6 Å². The Morgan fingerprint density at radius 2 is 1.90 bits per heavy atom. The molecule has 4 heterocycles. The summed E-state index contributed by atoms with van der Waals surface area (Å²) >= 11 is 0. The standard InChI is InChI=1S/C24H20N6O/c1-15-5-6-17(12-25-15)16-7-8-18-13-29(24(31)20(18)11-16)22-4-2-3-21(27-22)23-28-26-14-30(23)19-9-10-19/h2-8,11-12,14,19H,9-10,13H2,1H3. The lowest BCUT2D eigenvalue weighted by atomic mass is 10.0. The summed E-state index contributed by atoms with van der Waals surface area (Å²) in [6.07, 6.45) is 5.89. The molecule has 1 amide bonds. The van der Waals surface area contributed by atoms with Crippen molar-refractivity contribution in [2.24, 2.45) is 0 Å². The lowest BCUT2D eigenvalue weighted by Crippen LogP contribution is -2.24. The number of anilines is 1. The number of carbonyl (C=O) groups is 1. The minimum atomic E-state index is -0.0368. The lowest BCUT2D eigenvalue weighted by molar-refractivity contribution is 0.0996. The zero-order chi connectivity index (χ0) is 20.9. The highest BCUT2D eigenvalue weighted by Crippen LogP contribution is 2.37. The highest BCUT2D eigenvalue weighted by Gasteiger charge is 2.31. The smallest absolute Gasteiger partial charge is 0.260 e. The number of benzene rings is 1. The monoisotopic (exact) mass is 408 g/mol. The van der Waals surface area contributed by atoms with Crippen LogP contribution in [0.5, 0.6) is 0 Å². The molecule has 0 radical (unpaired) electrons. The first-order chi connectivity index (χ1) is 15.2. The van der Waals surface area contributed by atoms with Crippen LogP contribution in [0.2, 0.25) is 0 Å². The molecular weight excluding hydrogens is 388 g/mol. The second-order valence-electron chi connectivity index (χ2n) is 8.13. The van der Waals surface area contributed by atoms with Crippen LogP contribution in [-0.4, -0.2) is 30.6 Å². The van der Waals surface area contributed by atoms with Gasteiger partial charge in [0.05, 0.1) is 6.54 Å². The predicted molar refractivity (Wildman–Crippen MR) is 116 cm³/mol. The summed E-state index contributed by atoms with van der Waals surface area (Å²) in [5, 5.41) is 8.33. The molecule has 0 spiro atoms. The third kappa shape index (κ3) is 3.09. The fraction of sp³-hybridized carbons (Fsp3) is 0.208. The van der Waals surface area contributed by atoms with Crippen molar-refractivity contribution in [1.29, 1.82) is 0 Å². The average molecular weight is 408 g/mol. The average Bonchev–Trinajstić information content (AvgIpc) is 3.43. The van der Waals surface area contributed by atoms with E-state index in [0.29, 0.717) is 24.0 Å². The summed E-state index contributed by atoms with van der Waals surface area (Å²) in [5.74, 6) is 1.34. The van der Waals surface area contributed by atoms with Crippen molar-refractivity contribution in [3.63, 3.8) is 0 Å². The molecule has 1 saturated carbocycles. The minimum absolute atomic E-state index is 0.0368. The number of hydrogen-bond donors (Lipinski definition) is 0. The van der Waals surface area contributed by atoms with Gasteiger partial charge in [0.2, 0.25) is 0 Å². The maximum atomic E-state index is 13.3. The minimum Gasteiger partial charge on any atom is -0.309 e. The molecule has 0 saturated heterocycles. The van der Waals surface area contributed by atoms with Crippen molar-refractivity contribution in [2.75, 3.05) is 4.90 Å². The molecule has 0 atom stereocenters. The Kier molecular flexibility index (Phi) is 3.96. The van der Waals surface area contributed by atoms with E-state index in [1.807, 2.05) is 61.7 Å².